The molecule has 1 atom stereocenters. The molecular weight excluding hydrogens is 338 g/mol. The Labute approximate surface area is 162 Å². The number of phenols is 2. The molecule has 0 bridgehead atoms. The Morgan fingerprint density at radius 3 is 2.37 bits per heavy atom. The molecule has 0 radical (unpaired) electrons. The molecule has 0 saturated heterocycles. The molecule has 0 aliphatic carbocycles. The Balaban J connectivity index is 2.07. The van der Waals surface area contributed by atoms with E-state index in [9.17, 15) is 10.2 Å². The molecule has 3 N–H and O–H groups in total. The highest BCUT2D eigenvalue weighted by Gasteiger charge is 2.15. The molecule has 0 aliphatic rings. The number of H-pyrrole nitrogens is 1. The van der Waals surface area contributed by atoms with Crippen molar-refractivity contribution in [2.24, 2.45) is 16.8 Å². The molecule has 0 saturated carbocycles. The average Bonchev–Trinajstić information content (AvgIpc) is 2.95. The van der Waals surface area contributed by atoms with Gasteiger partial charge in [-0.25, -0.2) is 4.98 Å². The first kappa shape index (κ1) is 21.0. The molecule has 0 fully saturated rings. The van der Waals surface area contributed by atoms with E-state index in [1.165, 1.54) is 19.3 Å². The van der Waals surface area contributed by atoms with Crippen LogP contribution >= 0.6 is 0 Å². The van der Waals surface area contributed by atoms with Crippen molar-refractivity contribution in [1.29, 1.82) is 0 Å². The van der Waals surface area contributed by atoms with Gasteiger partial charge in [-0.05, 0) is 43.7 Å². The summed E-state index contributed by atoms with van der Waals surface area (Å²) in [6.45, 7) is 8.66. The zero-order valence-electron chi connectivity index (χ0n) is 17.2. The van der Waals surface area contributed by atoms with Crippen LogP contribution in [-0.2, 0) is 6.42 Å². The fourth-order valence-corrected chi connectivity index (χ4v) is 3.30. The van der Waals surface area contributed by atoms with Gasteiger partial charge in [0.1, 0.15) is 23.0 Å². The number of hydrogen-bond acceptors (Lipinski definition) is 4. The van der Waals surface area contributed by atoms with Gasteiger partial charge in [0.05, 0.1) is 0 Å². The van der Waals surface area contributed by atoms with E-state index >= 15 is 0 Å². The second-order valence-corrected chi connectivity index (χ2v) is 7.94. The fraction of sp³-hybridized carbons (Fsp3) is 0.545. The van der Waals surface area contributed by atoms with Gasteiger partial charge < -0.3 is 15.2 Å². The SMILES string of the molecule is CN=Cc1nc(-c2cc(O)c(CCC(C)CCCC(C)C)c(O)c2)[nH]c1C. The van der Waals surface area contributed by atoms with Crippen LogP contribution in [0, 0.1) is 18.8 Å². The standard InChI is InChI=1S/C22H33N3O2/c1-14(2)7-6-8-15(3)9-10-18-20(26)11-17(12-21(18)27)22-24-16(4)19(25-22)13-23-5/h11-15,26-27H,6-10H2,1-5H3,(H,24,25). The number of nitrogens with one attached hydrogen (secondary N) is 1. The molecule has 148 valence electrons. The quantitative estimate of drug-likeness (QED) is 0.527. The van der Waals surface area contributed by atoms with E-state index < -0.39 is 0 Å². The van der Waals surface area contributed by atoms with E-state index in [2.05, 4.69) is 35.7 Å². The van der Waals surface area contributed by atoms with Crippen LogP contribution < -0.4 is 0 Å². The summed E-state index contributed by atoms with van der Waals surface area (Å²) in [4.78, 5) is 11.6. The second kappa shape index (κ2) is 9.58. The summed E-state index contributed by atoms with van der Waals surface area (Å²) < 4.78 is 0. The summed E-state index contributed by atoms with van der Waals surface area (Å²) in [5, 5.41) is 20.9. The van der Waals surface area contributed by atoms with Crippen LogP contribution in [0.15, 0.2) is 17.1 Å². The number of aliphatic imine (C=N–C) groups is 1. The Bertz CT molecular complexity index is 755. The molecule has 5 nitrogen and oxygen atoms in total. The number of aromatic hydroxyl groups is 2. The molecular formula is C22H33N3O2. The molecule has 1 aromatic heterocycles. The molecule has 1 unspecified atom stereocenters. The third kappa shape index (κ3) is 5.84. The maximum atomic E-state index is 10.4. The number of benzene rings is 1. The number of rotatable bonds is 9. The Hall–Kier alpha value is -2.30. The van der Waals surface area contributed by atoms with Crippen molar-refractivity contribution in [2.75, 3.05) is 7.05 Å². The predicted molar refractivity (Wildman–Crippen MR) is 112 cm³/mol. The van der Waals surface area contributed by atoms with Gasteiger partial charge in [0.2, 0.25) is 0 Å². The van der Waals surface area contributed by atoms with E-state index in [4.69, 9.17) is 0 Å². The number of imidazole rings is 1. The van der Waals surface area contributed by atoms with Crippen LogP contribution in [0.2, 0.25) is 0 Å². The maximum Gasteiger partial charge on any atom is 0.138 e. The van der Waals surface area contributed by atoms with Crippen molar-refractivity contribution in [3.05, 3.63) is 29.1 Å². The van der Waals surface area contributed by atoms with Crippen LogP contribution in [0.3, 0.4) is 0 Å². The summed E-state index contributed by atoms with van der Waals surface area (Å²) in [6, 6.07) is 3.34. The van der Waals surface area contributed by atoms with Crippen molar-refractivity contribution < 1.29 is 10.2 Å². The number of aromatic amines is 1. The lowest BCUT2D eigenvalue weighted by atomic mass is 9.93. The third-order valence-electron chi connectivity index (χ3n) is 5.02. The number of phenolic OH excluding ortho intramolecular Hbond substituents is 2. The largest absolute Gasteiger partial charge is 0.508 e. The van der Waals surface area contributed by atoms with Crippen molar-refractivity contribution in [3.8, 4) is 22.9 Å². The normalized spacial score (nSPS) is 13.0. The Morgan fingerprint density at radius 1 is 1.11 bits per heavy atom. The van der Waals surface area contributed by atoms with E-state index in [1.54, 1.807) is 25.4 Å². The lowest BCUT2D eigenvalue weighted by molar-refractivity contribution is 0.414. The van der Waals surface area contributed by atoms with Gasteiger partial charge in [-0.1, -0.05) is 40.0 Å². The van der Waals surface area contributed by atoms with Gasteiger partial charge in [-0.3, -0.25) is 4.99 Å². The maximum absolute atomic E-state index is 10.4. The van der Waals surface area contributed by atoms with Gasteiger partial charge in [0, 0.05) is 30.1 Å². The first-order chi connectivity index (χ1) is 12.8. The molecule has 2 aromatic rings. The minimum absolute atomic E-state index is 0.124. The monoisotopic (exact) mass is 371 g/mol. The van der Waals surface area contributed by atoms with Crippen molar-refractivity contribution >= 4 is 6.21 Å². The highest BCUT2D eigenvalue weighted by atomic mass is 16.3. The lowest BCUT2D eigenvalue weighted by Crippen LogP contribution is -2.00. The van der Waals surface area contributed by atoms with E-state index in [-0.39, 0.29) is 11.5 Å². The van der Waals surface area contributed by atoms with Crippen molar-refractivity contribution in [3.63, 3.8) is 0 Å². The van der Waals surface area contributed by atoms with Crippen LogP contribution in [-0.4, -0.2) is 33.4 Å². The number of aryl methyl sites for hydroxylation is 1. The van der Waals surface area contributed by atoms with E-state index in [0.29, 0.717) is 29.3 Å². The van der Waals surface area contributed by atoms with Crippen LogP contribution in [0.25, 0.3) is 11.4 Å². The summed E-state index contributed by atoms with van der Waals surface area (Å²) in [5.41, 5.74) is 2.94. The topological polar surface area (TPSA) is 81.5 Å². The van der Waals surface area contributed by atoms with Gasteiger partial charge in [-0.2, -0.15) is 0 Å². The zero-order chi connectivity index (χ0) is 20.0. The smallest absolute Gasteiger partial charge is 0.138 e. The van der Waals surface area contributed by atoms with Crippen molar-refractivity contribution in [2.45, 2.75) is 59.8 Å². The molecule has 1 heterocycles. The zero-order valence-corrected chi connectivity index (χ0v) is 17.2. The molecule has 1 aromatic carbocycles. The summed E-state index contributed by atoms with van der Waals surface area (Å²) >= 11 is 0. The Kier molecular flexibility index (Phi) is 7.45. The highest BCUT2D eigenvalue weighted by molar-refractivity contribution is 5.80. The lowest BCUT2D eigenvalue weighted by Gasteiger charge is -2.14. The summed E-state index contributed by atoms with van der Waals surface area (Å²) in [6.07, 6.45) is 6.98. The predicted octanol–water partition coefficient (Wildman–Crippen LogP) is 5.24. The van der Waals surface area contributed by atoms with Crippen LogP contribution in [0.1, 0.15) is 63.4 Å². The molecule has 5 heteroatoms. The summed E-state index contributed by atoms with van der Waals surface area (Å²) in [5.74, 6) is 2.18. The molecule has 0 amide bonds. The van der Waals surface area contributed by atoms with E-state index in [0.717, 1.165) is 23.7 Å². The first-order valence-electron chi connectivity index (χ1n) is 9.85. The van der Waals surface area contributed by atoms with Crippen molar-refractivity contribution in [1.82, 2.24) is 9.97 Å². The molecule has 0 spiro atoms. The first-order valence-corrected chi connectivity index (χ1v) is 9.85. The fourth-order valence-electron chi connectivity index (χ4n) is 3.30. The van der Waals surface area contributed by atoms with Gasteiger partial charge in [-0.15, -0.1) is 0 Å². The minimum atomic E-state index is 0.124. The van der Waals surface area contributed by atoms with Gasteiger partial charge in [0.25, 0.3) is 0 Å². The van der Waals surface area contributed by atoms with Crippen LogP contribution in [0.4, 0.5) is 0 Å². The number of nitrogens with zero attached hydrogens (tertiary/aromatic N) is 2. The molecule has 27 heavy (non-hydrogen) atoms. The van der Waals surface area contributed by atoms with Crippen LogP contribution in [0.5, 0.6) is 11.5 Å². The summed E-state index contributed by atoms with van der Waals surface area (Å²) in [7, 11) is 1.70. The number of aromatic nitrogens is 2. The minimum Gasteiger partial charge on any atom is -0.508 e. The number of hydrogen-bond donors (Lipinski definition) is 3. The van der Waals surface area contributed by atoms with Gasteiger partial charge in [0.15, 0.2) is 0 Å². The molecule has 2 rings (SSSR count). The Morgan fingerprint density at radius 2 is 1.78 bits per heavy atom. The van der Waals surface area contributed by atoms with Gasteiger partial charge >= 0.3 is 0 Å². The van der Waals surface area contributed by atoms with E-state index in [1.807, 2.05) is 6.92 Å². The second-order valence-electron chi connectivity index (χ2n) is 7.94. The third-order valence-corrected chi connectivity index (χ3v) is 5.02. The average molecular weight is 372 g/mol. The highest BCUT2D eigenvalue weighted by Crippen LogP contribution is 2.34. The molecule has 0 aliphatic heterocycles.